The second-order valence-corrected chi connectivity index (χ2v) is 19.7. The zero-order chi connectivity index (χ0) is 41.2. The van der Waals surface area contributed by atoms with Crippen LogP contribution in [-0.2, 0) is 10.8 Å². The second kappa shape index (κ2) is 13.5. The third-order valence-corrected chi connectivity index (χ3v) is 16.3. The first kappa shape index (κ1) is 36.2. The smallest absolute Gasteiger partial charge is 0.0540 e. The molecule has 4 fully saturated rings. The van der Waals surface area contributed by atoms with Gasteiger partial charge in [0.15, 0.2) is 0 Å². The molecule has 0 N–H and O–H groups in total. The maximum Gasteiger partial charge on any atom is 0.0540 e. The maximum absolute atomic E-state index is 2.63. The highest BCUT2D eigenvalue weighted by molar-refractivity contribution is 5.93. The van der Waals surface area contributed by atoms with Crippen molar-refractivity contribution in [2.24, 2.45) is 23.7 Å². The predicted molar refractivity (Wildman–Crippen MR) is 258 cm³/mol. The van der Waals surface area contributed by atoms with Crippen molar-refractivity contribution >= 4 is 17.1 Å². The molecule has 0 atom stereocenters. The van der Waals surface area contributed by atoms with E-state index in [1.54, 1.807) is 11.1 Å². The molecule has 0 unspecified atom stereocenters. The van der Waals surface area contributed by atoms with Crippen LogP contribution in [0.5, 0.6) is 0 Å². The van der Waals surface area contributed by atoms with Crippen LogP contribution in [0.25, 0.3) is 55.6 Å². The molecular formula is C61H51N. The van der Waals surface area contributed by atoms with E-state index in [1.807, 2.05) is 0 Å². The van der Waals surface area contributed by atoms with Crippen molar-refractivity contribution in [2.45, 2.75) is 56.8 Å². The number of benzene rings is 8. The van der Waals surface area contributed by atoms with Crippen LogP contribution in [0.15, 0.2) is 188 Å². The third kappa shape index (κ3) is 5.21. The molecule has 62 heavy (non-hydrogen) atoms. The summed E-state index contributed by atoms with van der Waals surface area (Å²) in [6.07, 6.45) is 7.08. The van der Waals surface area contributed by atoms with Crippen LogP contribution in [0.2, 0.25) is 0 Å². The summed E-state index contributed by atoms with van der Waals surface area (Å²) in [6.45, 7) is 4.76. The van der Waals surface area contributed by atoms with Gasteiger partial charge in [-0.2, -0.15) is 0 Å². The van der Waals surface area contributed by atoms with E-state index in [4.69, 9.17) is 0 Å². The number of nitrogens with zero attached hydrogens (tertiary/aromatic N) is 1. The van der Waals surface area contributed by atoms with E-state index >= 15 is 0 Å². The quantitative estimate of drug-likeness (QED) is 0.162. The normalized spacial score (nSPS) is 22.9. The minimum Gasteiger partial charge on any atom is -0.310 e. The lowest BCUT2D eigenvalue weighted by Crippen LogP contribution is -2.55. The van der Waals surface area contributed by atoms with Gasteiger partial charge in [-0.05, 0) is 171 Å². The van der Waals surface area contributed by atoms with E-state index in [2.05, 4.69) is 207 Å². The number of hydrogen-bond acceptors (Lipinski definition) is 1. The Morgan fingerprint density at radius 1 is 0.355 bits per heavy atom. The van der Waals surface area contributed by atoms with Crippen LogP contribution in [0.1, 0.15) is 68.2 Å². The predicted octanol–water partition coefficient (Wildman–Crippen LogP) is 16.2. The SMILES string of the molecule is CC1(C)c2ccccc2-c2ccc(N(c3ccc(-c4ccc5c(c4)C4(c6ccccc6-5)C5CC6CC(C5)CC4C6)cc3)c3ccc(-c4ccccc4)cc3-c3ccccc3)cc21. The van der Waals surface area contributed by atoms with Crippen LogP contribution in [0, 0.1) is 23.7 Å². The summed E-state index contributed by atoms with van der Waals surface area (Å²) in [6, 6.07) is 71.3. The van der Waals surface area contributed by atoms with Gasteiger partial charge < -0.3 is 4.90 Å². The molecule has 0 saturated heterocycles. The Hall–Kier alpha value is -6.44. The van der Waals surface area contributed by atoms with E-state index in [0.29, 0.717) is 0 Å². The van der Waals surface area contributed by atoms with Crippen molar-refractivity contribution in [1.82, 2.24) is 0 Å². The standard InChI is InChI=1S/C61H51N/c1-60(2)55-19-11-9-17-50(55)52-29-27-49(38-57(52)60)62(59-30-24-44(41-13-5-3-6-14-41)36-54(59)43-15-7-4-8-16-43)48-25-21-42(22-26-48)45-23-28-53-51-18-10-12-20-56(51)61(58(53)37-45)46-32-39-31-40(34-46)35-47(61)33-39/h3-30,36-40,46-47H,31-35H2,1-2H3. The number of fused-ring (bicyclic) bond motifs is 6. The van der Waals surface area contributed by atoms with Crippen LogP contribution in [-0.4, -0.2) is 0 Å². The number of rotatable bonds is 6. The van der Waals surface area contributed by atoms with Gasteiger partial charge in [-0.1, -0.05) is 159 Å². The van der Waals surface area contributed by atoms with Gasteiger partial charge in [0.1, 0.15) is 0 Å². The zero-order valence-electron chi connectivity index (χ0n) is 35.7. The van der Waals surface area contributed by atoms with E-state index in [0.717, 1.165) is 35.0 Å². The fourth-order valence-corrected chi connectivity index (χ4v) is 13.8. The monoisotopic (exact) mass is 797 g/mol. The average molecular weight is 798 g/mol. The molecule has 1 nitrogen and oxygen atoms in total. The van der Waals surface area contributed by atoms with Crippen molar-refractivity contribution in [2.75, 3.05) is 4.90 Å². The molecule has 6 aliphatic carbocycles. The molecule has 0 aliphatic heterocycles. The van der Waals surface area contributed by atoms with Gasteiger partial charge in [-0.15, -0.1) is 0 Å². The van der Waals surface area contributed by atoms with Gasteiger partial charge in [0, 0.05) is 27.8 Å². The van der Waals surface area contributed by atoms with Crippen molar-refractivity contribution < 1.29 is 0 Å². The molecular weight excluding hydrogens is 747 g/mol. The van der Waals surface area contributed by atoms with Crippen LogP contribution >= 0.6 is 0 Å². The van der Waals surface area contributed by atoms with E-state index < -0.39 is 0 Å². The highest BCUT2D eigenvalue weighted by Crippen LogP contribution is 2.69. The Bertz CT molecular complexity index is 3020. The summed E-state index contributed by atoms with van der Waals surface area (Å²) in [5.74, 6) is 3.37. The summed E-state index contributed by atoms with van der Waals surface area (Å²) in [7, 11) is 0. The van der Waals surface area contributed by atoms with E-state index in [9.17, 15) is 0 Å². The van der Waals surface area contributed by atoms with Crippen LogP contribution < -0.4 is 4.90 Å². The molecule has 6 aliphatic rings. The molecule has 1 heteroatoms. The molecule has 1 spiro atoms. The van der Waals surface area contributed by atoms with Gasteiger partial charge in [-0.25, -0.2) is 0 Å². The largest absolute Gasteiger partial charge is 0.310 e. The Morgan fingerprint density at radius 2 is 0.855 bits per heavy atom. The van der Waals surface area contributed by atoms with Crippen molar-refractivity contribution in [3.8, 4) is 55.6 Å². The van der Waals surface area contributed by atoms with E-state index in [1.165, 1.54) is 105 Å². The molecule has 14 rings (SSSR count). The lowest BCUT2D eigenvalue weighted by Gasteiger charge is -2.61. The maximum atomic E-state index is 2.63. The second-order valence-electron chi connectivity index (χ2n) is 19.7. The molecule has 4 bridgehead atoms. The summed E-state index contributed by atoms with van der Waals surface area (Å²) in [4.78, 5) is 2.50. The highest BCUT2D eigenvalue weighted by Gasteiger charge is 2.61. The third-order valence-electron chi connectivity index (χ3n) is 16.3. The van der Waals surface area contributed by atoms with E-state index in [-0.39, 0.29) is 10.8 Å². The molecule has 0 radical (unpaired) electrons. The summed E-state index contributed by atoms with van der Waals surface area (Å²) < 4.78 is 0. The minimum atomic E-state index is -0.112. The lowest BCUT2D eigenvalue weighted by atomic mass is 9.43. The average Bonchev–Trinajstić information content (AvgIpc) is 3.74. The first-order valence-electron chi connectivity index (χ1n) is 23.1. The van der Waals surface area contributed by atoms with Gasteiger partial charge in [0.25, 0.3) is 0 Å². The molecule has 0 amide bonds. The molecule has 0 heterocycles. The van der Waals surface area contributed by atoms with Crippen LogP contribution in [0.3, 0.4) is 0 Å². The molecule has 8 aromatic rings. The minimum absolute atomic E-state index is 0.112. The Balaban J connectivity index is 0.957. The fourth-order valence-electron chi connectivity index (χ4n) is 13.8. The lowest BCUT2D eigenvalue weighted by molar-refractivity contribution is -0.0399. The van der Waals surface area contributed by atoms with Gasteiger partial charge >= 0.3 is 0 Å². The van der Waals surface area contributed by atoms with Gasteiger partial charge in [0.05, 0.1) is 5.69 Å². The van der Waals surface area contributed by atoms with Crippen molar-refractivity contribution in [1.29, 1.82) is 0 Å². The molecule has 0 aromatic heterocycles. The van der Waals surface area contributed by atoms with Gasteiger partial charge in [-0.3, -0.25) is 0 Å². The summed E-state index contributed by atoms with van der Waals surface area (Å²) in [5, 5.41) is 0. The number of anilines is 3. The molecule has 300 valence electrons. The Labute approximate surface area is 366 Å². The molecule has 8 aromatic carbocycles. The first-order chi connectivity index (χ1) is 30.4. The fraction of sp³-hybridized carbons (Fsp3) is 0.213. The first-order valence-corrected chi connectivity index (χ1v) is 23.1. The Morgan fingerprint density at radius 3 is 1.56 bits per heavy atom. The molecule has 4 saturated carbocycles. The van der Waals surface area contributed by atoms with Crippen LogP contribution in [0.4, 0.5) is 17.1 Å². The summed E-state index contributed by atoms with van der Waals surface area (Å²) >= 11 is 0. The van der Waals surface area contributed by atoms with Crippen molar-refractivity contribution in [3.05, 3.63) is 210 Å². The highest BCUT2D eigenvalue weighted by atomic mass is 15.1. The number of hydrogen-bond donors (Lipinski definition) is 0. The topological polar surface area (TPSA) is 3.24 Å². The van der Waals surface area contributed by atoms with Gasteiger partial charge in [0.2, 0.25) is 0 Å². The Kier molecular flexibility index (Phi) is 7.91. The summed E-state index contributed by atoms with van der Waals surface area (Å²) in [5.41, 5.74) is 22.6. The van der Waals surface area contributed by atoms with Crippen molar-refractivity contribution in [3.63, 3.8) is 0 Å². The zero-order valence-corrected chi connectivity index (χ0v) is 35.7.